The van der Waals surface area contributed by atoms with Gasteiger partial charge >= 0.3 is 5.97 Å². The SMILES string of the molecule is C[C@H]1CCC[C@]2(C)C[C@H]3OC(=O)[C@H](CN4CCC(O)(Cc5ccccc5)CC4)[C@H]3[C@H]3O[C@]312. The van der Waals surface area contributed by atoms with Gasteiger partial charge in [0, 0.05) is 37.4 Å². The summed E-state index contributed by atoms with van der Waals surface area (Å²) in [6.45, 7) is 7.12. The molecule has 6 rings (SSSR count). The van der Waals surface area contributed by atoms with E-state index >= 15 is 0 Å². The molecule has 32 heavy (non-hydrogen) atoms. The Balaban J connectivity index is 1.12. The van der Waals surface area contributed by atoms with Gasteiger partial charge in [0.15, 0.2) is 0 Å². The van der Waals surface area contributed by atoms with Gasteiger partial charge in [-0.2, -0.15) is 0 Å². The molecule has 2 saturated carbocycles. The molecule has 1 aromatic rings. The summed E-state index contributed by atoms with van der Waals surface area (Å²) in [5.41, 5.74) is 0.653. The van der Waals surface area contributed by atoms with Gasteiger partial charge < -0.3 is 19.5 Å². The van der Waals surface area contributed by atoms with Crippen molar-refractivity contribution in [2.75, 3.05) is 19.6 Å². The molecule has 1 aromatic carbocycles. The molecule has 5 nitrogen and oxygen atoms in total. The second-order valence-electron chi connectivity index (χ2n) is 11.7. The normalized spacial score (nSPS) is 44.8. The number of aliphatic hydroxyl groups is 1. The molecule has 1 spiro atoms. The van der Waals surface area contributed by atoms with Crippen molar-refractivity contribution in [1.29, 1.82) is 0 Å². The van der Waals surface area contributed by atoms with Crippen LogP contribution in [0.4, 0.5) is 0 Å². The molecule has 5 aliphatic rings. The third kappa shape index (κ3) is 3.11. The molecule has 0 radical (unpaired) electrons. The predicted octanol–water partition coefficient (Wildman–Crippen LogP) is 3.58. The molecule has 3 aliphatic heterocycles. The Morgan fingerprint density at radius 3 is 2.66 bits per heavy atom. The molecule has 5 heteroatoms. The van der Waals surface area contributed by atoms with E-state index in [9.17, 15) is 9.90 Å². The Morgan fingerprint density at radius 2 is 1.91 bits per heavy atom. The number of rotatable bonds is 4. The van der Waals surface area contributed by atoms with E-state index in [-0.39, 0.29) is 41.0 Å². The second kappa shape index (κ2) is 7.28. The van der Waals surface area contributed by atoms with Crippen molar-refractivity contribution in [3.05, 3.63) is 35.9 Å². The highest BCUT2D eigenvalue weighted by Gasteiger charge is 2.78. The lowest BCUT2D eigenvalue weighted by Gasteiger charge is -2.49. The van der Waals surface area contributed by atoms with Gasteiger partial charge in [-0.15, -0.1) is 0 Å². The van der Waals surface area contributed by atoms with E-state index in [0.29, 0.717) is 12.3 Å². The van der Waals surface area contributed by atoms with Crippen LogP contribution in [0, 0.1) is 23.2 Å². The van der Waals surface area contributed by atoms with E-state index in [4.69, 9.17) is 9.47 Å². The number of hydrogen-bond acceptors (Lipinski definition) is 5. The molecule has 0 aromatic heterocycles. The van der Waals surface area contributed by atoms with Crippen LogP contribution in [0.3, 0.4) is 0 Å². The van der Waals surface area contributed by atoms with Crippen LogP contribution in [0.15, 0.2) is 30.3 Å². The summed E-state index contributed by atoms with van der Waals surface area (Å²) < 4.78 is 12.6. The highest BCUT2D eigenvalue weighted by atomic mass is 16.6. The van der Waals surface area contributed by atoms with E-state index in [1.165, 1.54) is 24.8 Å². The van der Waals surface area contributed by atoms with E-state index < -0.39 is 5.60 Å². The topological polar surface area (TPSA) is 62.3 Å². The fraction of sp³-hybridized carbons (Fsp3) is 0.741. The molecule has 1 N–H and O–H groups in total. The number of hydrogen-bond donors (Lipinski definition) is 1. The van der Waals surface area contributed by atoms with Crippen LogP contribution in [-0.2, 0) is 20.7 Å². The zero-order valence-electron chi connectivity index (χ0n) is 19.5. The van der Waals surface area contributed by atoms with E-state index in [1.807, 2.05) is 18.2 Å². The van der Waals surface area contributed by atoms with Crippen LogP contribution < -0.4 is 0 Å². The number of likely N-dealkylation sites (tertiary alicyclic amines) is 1. The highest BCUT2D eigenvalue weighted by molar-refractivity contribution is 5.76. The number of piperidine rings is 1. The van der Waals surface area contributed by atoms with Gasteiger partial charge in [-0.1, -0.05) is 50.6 Å². The number of nitrogens with zero attached hydrogens (tertiary/aromatic N) is 1. The van der Waals surface area contributed by atoms with Crippen LogP contribution in [0.2, 0.25) is 0 Å². The van der Waals surface area contributed by atoms with Gasteiger partial charge in [-0.3, -0.25) is 4.79 Å². The van der Waals surface area contributed by atoms with Crippen LogP contribution in [0.5, 0.6) is 0 Å². The minimum atomic E-state index is -0.648. The maximum absolute atomic E-state index is 13.0. The first-order valence-electron chi connectivity index (χ1n) is 12.7. The van der Waals surface area contributed by atoms with E-state index in [2.05, 4.69) is 30.9 Å². The molecule has 2 aliphatic carbocycles. The van der Waals surface area contributed by atoms with Gasteiger partial charge in [-0.05, 0) is 43.6 Å². The summed E-state index contributed by atoms with van der Waals surface area (Å²) in [6, 6.07) is 10.3. The van der Waals surface area contributed by atoms with Crippen molar-refractivity contribution in [1.82, 2.24) is 4.90 Å². The second-order valence-corrected chi connectivity index (χ2v) is 11.7. The van der Waals surface area contributed by atoms with Gasteiger partial charge in [0.05, 0.1) is 17.6 Å². The highest BCUT2D eigenvalue weighted by Crippen LogP contribution is 2.70. The molecular formula is C27H37NO4. The van der Waals surface area contributed by atoms with Crippen molar-refractivity contribution >= 4 is 5.97 Å². The lowest BCUT2D eigenvalue weighted by molar-refractivity contribution is -0.146. The van der Waals surface area contributed by atoms with Gasteiger partial charge in [0.2, 0.25) is 0 Å². The zero-order chi connectivity index (χ0) is 22.1. The summed E-state index contributed by atoms with van der Waals surface area (Å²) >= 11 is 0. The predicted molar refractivity (Wildman–Crippen MR) is 121 cm³/mol. The third-order valence-electron chi connectivity index (χ3n) is 9.81. The first kappa shape index (κ1) is 21.1. The molecule has 7 atom stereocenters. The minimum Gasteiger partial charge on any atom is -0.462 e. The average Bonchev–Trinajstić information content (AvgIpc) is 3.45. The summed E-state index contributed by atoms with van der Waals surface area (Å²) in [4.78, 5) is 15.4. The van der Waals surface area contributed by atoms with E-state index in [0.717, 1.165) is 38.9 Å². The maximum Gasteiger partial charge on any atom is 0.311 e. The van der Waals surface area contributed by atoms with Crippen molar-refractivity contribution in [3.8, 4) is 0 Å². The molecule has 0 amide bonds. The fourth-order valence-corrected chi connectivity index (χ4v) is 8.03. The minimum absolute atomic E-state index is 0.0169. The summed E-state index contributed by atoms with van der Waals surface area (Å²) in [6.07, 6.45) is 7.02. The Labute approximate surface area is 191 Å². The molecule has 0 bridgehead atoms. The quantitative estimate of drug-likeness (QED) is 0.574. The largest absolute Gasteiger partial charge is 0.462 e. The average molecular weight is 440 g/mol. The van der Waals surface area contributed by atoms with Crippen molar-refractivity contribution in [3.63, 3.8) is 0 Å². The van der Waals surface area contributed by atoms with Crippen molar-refractivity contribution < 1.29 is 19.4 Å². The molecule has 0 unspecified atom stereocenters. The lowest BCUT2D eigenvalue weighted by atomic mass is 9.53. The number of carbonyl (C=O) groups is 1. The summed E-state index contributed by atoms with van der Waals surface area (Å²) in [5.74, 6) is 0.641. The van der Waals surface area contributed by atoms with Gasteiger partial charge in [-0.25, -0.2) is 0 Å². The number of esters is 1. The van der Waals surface area contributed by atoms with E-state index in [1.54, 1.807) is 0 Å². The number of carbonyl (C=O) groups excluding carboxylic acids is 1. The summed E-state index contributed by atoms with van der Waals surface area (Å²) in [7, 11) is 0. The monoisotopic (exact) mass is 439 g/mol. The zero-order valence-corrected chi connectivity index (χ0v) is 19.5. The van der Waals surface area contributed by atoms with Crippen molar-refractivity contribution in [2.24, 2.45) is 23.2 Å². The van der Waals surface area contributed by atoms with Crippen LogP contribution in [0.25, 0.3) is 0 Å². The molecule has 5 fully saturated rings. The number of benzene rings is 1. The number of epoxide rings is 1. The summed E-state index contributed by atoms with van der Waals surface area (Å²) in [5, 5.41) is 11.1. The third-order valence-corrected chi connectivity index (χ3v) is 9.81. The fourth-order valence-electron chi connectivity index (χ4n) is 8.03. The Morgan fingerprint density at radius 1 is 1.16 bits per heavy atom. The number of ether oxygens (including phenoxy) is 2. The molecule has 3 saturated heterocycles. The standard InChI is InChI=1S/C27H37NO4/c1-18-7-6-10-25(2)16-21-22(23-27(18,25)32-23)20(24(29)31-21)17-28-13-11-26(30,12-14-28)15-19-8-4-3-5-9-19/h3-5,8-9,18,20-23,30H,6-7,10-17H2,1-2H3/t18-,20+,21+,22+,23+,25+,27-/m0/s1. The Bertz CT molecular complexity index is 881. The molecule has 174 valence electrons. The van der Waals surface area contributed by atoms with Crippen LogP contribution in [0.1, 0.15) is 57.9 Å². The maximum atomic E-state index is 13.0. The number of fused-ring (bicyclic) bond motifs is 2. The molecule has 3 heterocycles. The smallest absolute Gasteiger partial charge is 0.311 e. The van der Waals surface area contributed by atoms with Gasteiger partial charge in [0.25, 0.3) is 0 Å². The lowest BCUT2D eigenvalue weighted by Crippen LogP contribution is -2.55. The molecular weight excluding hydrogens is 402 g/mol. The van der Waals surface area contributed by atoms with Crippen molar-refractivity contribution in [2.45, 2.75) is 82.2 Å². The Kier molecular flexibility index (Phi) is 4.81. The Hall–Kier alpha value is -1.43. The van der Waals surface area contributed by atoms with Crippen LogP contribution in [-0.4, -0.2) is 59.0 Å². The first-order valence-corrected chi connectivity index (χ1v) is 12.7. The first-order chi connectivity index (χ1) is 15.3. The van der Waals surface area contributed by atoms with Gasteiger partial charge in [0.1, 0.15) is 11.7 Å². The van der Waals surface area contributed by atoms with Crippen LogP contribution >= 0.6 is 0 Å².